The Morgan fingerprint density at radius 2 is 1.10 bits per heavy atom. The van der Waals surface area contributed by atoms with E-state index in [1.54, 1.807) is 0 Å². The highest BCUT2D eigenvalue weighted by Gasteiger charge is 2.35. The van der Waals surface area contributed by atoms with E-state index in [1.807, 2.05) is 29.5 Å². The van der Waals surface area contributed by atoms with Crippen molar-refractivity contribution in [3.63, 3.8) is 0 Å². The number of ether oxygens (including phenoxy) is 1. The number of rotatable bonds is 2. The van der Waals surface area contributed by atoms with E-state index in [0.717, 1.165) is 82.9 Å². The summed E-state index contributed by atoms with van der Waals surface area (Å²) in [4.78, 5) is 16.3. The number of pyridine rings is 1. The number of aromatic nitrogens is 7. The van der Waals surface area contributed by atoms with E-state index in [9.17, 15) is 0 Å². The van der Waals surface area contributed by atoms with Gasteiger partial charge in [-0.3, -0.25) is 17.9 Å². The predicted octanol–water partition coefficient (Wildman–Crippen LogP) is 8.88. The molecule has 0 fully saturated rings. The van der Waals surface area contributed by atoms with E-state index in [-0.39, 0.29) is 0 Å². The zero-order chi connectivity index (χ0) is 32.4. The van der Waals surface area contributed by atoms with Crippen molar-refractivity contribution >= 4 is 79.3 Å². The van der Waals surface area contributed by atoms with Gasteiger partial charge >= 0.3 is 0 Å². The molecule has 0 spiro atoms. The van der Waals surface area contributed by atoms with E-state index in [0.29, 0.717) is 5.88 Å². The third kappa shape index (κ3) is 3.72. The number of hydrogen-bond acceptors (Lipinski definition) is 5. The molecular formula is C39H27N7OSSi. The van der Waals surface area contributed by atoms with Gasteiger partial charge in [-0.05, 0) is 72.8 Å². The Bertz CT molecular complexity index is 3000. The first-order valence-electron chi connectivity index (χ1n) is 16.3. The van der Waals surface area contributed by atoms with Gasteiger partial charge in [-0.25, -0.2) is 15.0 Å². The summed E-state index contributed by atoms with van der Waals surface area (Å²) in [5.41, 5.74) is 10.6. The van der Waals surface area contributed by atoms with Crippen LogP contribution in [-0.4, -0.2) is 40.1 Å². The quantitative estimate of drug-likeness (QED) is 0.172. The van der Waals surface area contributed by atoms with Crippen LogP contribution in [0.25, 0.3) is 67.1 Å². The van der Waals surface area contributed by atoms with Gasteiger partial charge in [-0.1, -0.05) is 61.6 Å². The second kappa shape index (κ2) is 9.62. The van der Waals surface area contributed by atoms with Crippen molar-refractivity contribution in [2.45, 2.75) is 18.0 Å². The molecular weight excluding hydrogens is 643 g/mol. The van der Waals surface area contributed by atoms with Crippen LogP contribution in [-0.2, 0) is 0 Å². The SMILES string of the molecule is C[Si]1(C)Sc2cc(-n3c4ccccc4n4c5ccccc5nc34)ccc2Oc2ncc(-n3c4ccccc4n4c5ccccc5nc34)cc21. The molecule has 0 saturated heterocycles. The van der Waals surface area contributed by atoms with Crippen molar-refractivity contribution in [1.82, 2.24) is 32.9 Å². The molecule has 8 nitrogen and oxygen atoms in total. The van der Waals surface area contributed by atoms with Gasteiger partial charge in [-0.2, -0.15) is 0 Å². The summed E-state index contributed by atoms with van der Waals surface area (Å²) in [5, 5.41) is 1.16. The van der Waals surface area contributed by atoms with Crippen molar-refractivity contribution in [3.8, 4) is 23.0 Å². The van der Waals surface area contributed by atoms with Crippen molar-refractivity contribution in [2.24, 2.45) is 0 Å². The summed E-state index contributed by atoms with van der Waals surface area (Å²) >= 11 is 1.93. The van der Waals surface area contributed by atoms with E-state index in [4.69, 9.17) is 19.7 Å². The zero-order valence-corrected chi connectivity index (χ0v) is 28.4. The maximum absolute atomic E-state index is 6.67. The minimum absolute atomic E-state index is 0.675. The third-order valence-corrected chi connectivity index (χ3v) is 15.3. The lowest BCUT2D eigenvalue weighted by Gasteiger charge is -2.21. The maximum atomic E-state index is 6.67. The number of hydrogen-bond donors (Lipinski definition) is 0. The van der Waals surface area contributed by atoms with Crippen LogP contribution >= 0.6 is 11.2 Å². The van der Waals surface area contributed by atoms with Crippen LogP contribution in [0, 0.1) is 0 Å². The summed E-state index contributed by atoms with van der Waals surface area (Å²) in [6.45, 7) is 4.76. The zero-order valence-electron chi connectivity index (χ0n) is 26.6. The predicted molar refractivity (Wildman–Crippen MR) is 200 cm³/mol. The van der Waals surface area contributed by atoms with Gasteiger partial charge in [0.15, 0.2) is 7.22 Å². The van der Waals surface area contributed by atoms with Crippen LogP contribution in [0.15, 0.2) is 132 Å². The first-order chi connectivity index (χ1) is 24.0. The van der Waals surface area contributed by atoms with Gasteiger partial charge in [0.25, 0.3) is 0 Å². The highest BCUT2D eigenvalue weighted by atomic mass is 32.4. The second-order valence-electron chi connectivity index (χ2n) is 13.0. The van der Waals surface area contributed by atoms with E-state index in [2.05, 4.69) is 140 Å². The molecule has 0 unspecified atom stereocenters. The first kappa shape index (κ1) is 27.1. The van der Waals surface area contributed by atoms with Gasteiger partial charge in [0.2, 0.25) is 17.4 Å². The molecule has 0 N–H and O–H groups in total. The topological polar surface area (TPSA) is 66.6 Å². The molecule has 0 atom stereocenters. The number of imidazole rings is 4. The molecule has 10 aromatic rings. The van der Waals surface area contributed by atoms with Gasteiger partial charge in [0.05, 0.1) is 61.7 Å². The van der Waals surface area contributed by atoms with Crippen LogP contribution in [0.3, 0.4) is 0 Å². The molecule has 5 aromatic carbocycles. The highest BCUT2D eigenvalue weighted by molar-refractivity contribution is 8.30. The number of benzene rings is 5. The minimum Gasteiger partial charge on any atom is -0.438 e. The summed E-state index contributed by atoms with van der Waals surface area (Å²) in [5.74, 6) is 3.26. The van der Waals surface area contributed by atoms with Gasteiger partial charge in [0.1, 0.15) is 5.75 Å². The molecule has 10 heteroatoms. The fourth-order valence-corrected chi connectivity index (χ4v) is 12.6. The molecule has 0 aliphatic carbocycles. The lowest BCUT2D eigenvalue weighted by atomic mass is 10.2. The van der Waals surface area contributed by atoms with Crippen molar-refractivity contribution in [3.05, 3.63) is 128 Å². The van der Waals surface area contributed by atoms with Gasteiger partial charge in [0, 0.05) is 10.1 Å². The molecule has 49 heavy (non-hydrogen) atoms. The van der Waals surface area contributed by atoms with E-state index >= 15 is 0 Å². The molecule has 0 saturated carbocycles. The third-order valence-electron chi connectivity index (χ3n) is 9.71. The molecule has 0 amide bonds. The molecule has 234 valence electrons. The summed E-state index contributed by atoms with van der Waals surface area (Å²) in [6, 6.07) is 42.3. The molecule has 5 aromatic heterocycles. The Labute approximate surface area is 284 Å². The Hall–Kier alpha value is -5.84. The monoisotopic (exact) mass is 669 g/mol. The Morgan fingerprint density at radius 1 is 0.571 bits per heavy atom. The smallest absolute Gasteiger partial charge is 0.220 e. The Kier molecular flexibility index (Phi) is 5.33. The van der Waals surface area contributed by atoms with Crippen molar-refractivity contribution in [2.75, 3.05) is 0 Å². The Morgan fingerprint density at radius 3 is 1.71 bits per heavy atom. The first-order valence-corrected chi connectivity index (χ1v) is 20.8. The average molecular weight is 670 g/mol. The van der Waals surface area contributed by atoms with Crippen LogP contribution in [0.4, 0.5) is 0 Å². The number of nitrogens with zero attached hydrogens (tertiary/aromatic N) is 7. The summed E-state index contributed by atoms with van der Waals surface area (Å²) in [7, 11) is -2.21. The summed E-state index contributed by atoms with van der Waals surface area (Å²) < 4.78 is 15.7. The van der Waals surface area contributed by atoms with Crippen LogP contribution in [0.5, 0.6) is 11.6 Å². The van der Waals surface area contributed by atoms with Gasteiger partial charge < -0.3 is 4.74 Å². The molecule has 0 radical (unpaired) electrons. The standard InChI is InChI=1S/C39H27N7OSSi/c1-49(2)36-22-25(44-31-16-8-10-18-33(31)46-29-14-6-4-12-27(29)42-39(44)46)23-40-37(36)47-34-20-19-24(21-35(34)48-49)43-30-15-7-9-17-32(30)45-28-13-5-3-11-26(28)41-38(43)45/h3-23H,1-2H3. The second-order valence-corrected chi connectivity index (χ2v) is 20.9. The van der Waals surface area contributed by atoms with E-state index < -0.39 is 7.22 Å². The fraction of sp³-hybridized carbons (Fsp3) is 0.0513. The highest BCUT2D eigenvalue weighted by Crippen LogP contribution is 2.44. The lowest BCUT2D eigenvalue weighted by Crippen LogP contribution is -2.38. The van der Waals surface area contributed by atoms with Crippen LogP contribution in [0.1, 0.15) is 0 Å². The average Bonchev–Trinajstić information content (AvgIpc) is 3.83. The molecule has 1 aliphatic rings. The Balaban J connectivity index is 1.06. The maximum Gasteiger partial charge on any atom is 0.220 e. The van der Waals surface area contributed by atoms with Crippen molar-refractivity contribution in [1.29, 1.82) is 0 Å². The van der Waals surface area contributed by atoms with E-state index in [1.165, 1.54) is 0 Å². The van der Waals surface area contributed by atoms with Crippen molar-refractivity contribution < 1.29 is 4.74 Å². The molecule has 1 aliphatic heterocycles. The van der Waals surface area contributed by atoms with Crippen LogP contribution < -0.4 is 9.92 Å². The molecule has 6 heterocycles. The normalized spacial score (nSPS) is 14.2. The fourth-order valence-electron chi connectivity index (χ4n) is 7.52. The molecule has 0 bridgehead atoms. The van der Waals surface area contributed by atoms with Gasteiger partial charge in [-0.15, -0.1) is 11.2 Å². The summed E-state index contributed by atoms with van der Waals surface area (Å²) in [6.07, 6.45) is 1.92. The minimum atomic E-state index is -2.21. The number of para-hydroxylation sites is 8. The van der Waals surface area contributed by atoms with Crippen LogP contribution in [0.2, 0.25) is 13.1 Å². The largest absolute Gasteiger partial charge is 0.438 e. The number of fused-ring (bicyclic) bond motifs is 12. The lowest BCUT2D eigenvalue weighted by molar-refractivity contribution is 0.456. The molecule has 11 rings (SSSR count).